The molecule has 5 aliphatic carbocycles. The first kappa shape index (κ1) is 40.8. The molecule has 10 unspecified atom stereocenters. The number of carbonyl (C=O) groups excluding carboxylic acids is 2. The predicted molar refractivity (Wildman–Crippen MR) is 229 cm³/mol. The lowest BCUT2D eigenvalue weighted by Gasteiger charge is -2.61. The summed E-state index contributed by atoms with van der Waals surface area (Å²) in [5.74, 6) is 5.24. The maximum Gasteiger partial charge on any atom is 0.302 e. The number of nitrogens with zero attached hydrogens (tertiary/aromatic N) is 3. The van der Waals surface area contributed by atoms with Crippen molar-refractivity contribution in [2.75, 3.05) is 19.6 Å². The SMILES string of the molecule is C=C(C)C1(C)C2C3CCC4C5CCC(OC(C)=O)CC5CCC4C3CCC2(C(=O)NC(C)(C)c2nc(-c3ccccc3)cn2CCN2CCCC2)C(C)(C)C1(C)C. The topological polar surface area (TPSA) is 76.5 Å². The van der Waals surface area contributed by atoms with Crippen LogP contribution in [0.15, 0.2) is 48.7 Å². The fourth-order valence-corrected chi connectivity index (χ4v) is 15.1. The summed E-state index contributed by atoms with van der Waals surface area (Å²) in [5, 5.41) is 3.81. The highest BCUT2D eigenvalue weighted by Crippen LogP contribution is 2.81. The van der Waals surface area contributed by atoms with Crippen LogP contribution >= 0.6 is 0 Å². The van der Waals surface area contributed by atoms with E-state index in [9.17, 15) is 4.79 Å². The molecule has 2 aromatic rings. The Morgan fingerprint density at radius 2 is 1.47 bits per heavy atom. The number of hydrogen-bond acceptors (Lipinski definition) is 5. The van der Waals surface area contributed by atoms with E-state index in [1.165, 1.54) is 50.5 Å². The minimum Gasteiger partial charge on any atom is -0.463 e. The molecule has 7 heteroatoms. The van der Waals surface area contributed by atoms with E-state index >= 15 is 4.79 Å². The minimum absolute atomic E-state index is 0.0991. The second-order valence-corrected chi connectivity index (χ2v) is 21.6. The van der Waals surface area contributed by atoms with Gasteiger partial charge in [-0.05, 0) is 162 Å². The molecule has 0 bridgehead atoms. The Bertz CT molecular complexity index is 1840. The van der Waals surface area contributed by atoms with Gasteiger partial charge in [0.25, 0.3) is 0 Å². The number of hydrogen-bond donors (Lipinski definition) is 1. The van der Waals surface area contributed by atoms with Crippen molar-refractivity contribution in [3.05, 3.63) is 54.5 Å². The number of allylic oxidation sites excluding steroid dienone is 1. The van der Waals surface area contributed by atoms with Gasteiger partial charge in [0, 0.05) is 31.8 Å². The highest BCUT2D eigenvalue weighted by Gasteiger charge is 2.79. The van der Waals surface area contributed by atoms with Gasteiger partial charge in [-0.25, -0.2) is 4.98 Å². The first-order valence-electron chi connectivity index (χ1n) is 23.0. The van der Waals surface area contributed by atoms with Crippen molar-refractivity contribution in [1.82, 2.24) is 19.8 Å². The summed E-state index contributed by atoms with van der Waals surface area (Å²) in [6, 6.07) is 10.5. The van der Waals surface area contributed by atoms with E-state index in [0.29, 0.717) is 23.7 Å². The number of imidazole rings is 1. The van der Waals surface area contributed by atoms with Gasteiger partial charge < -0.3 is 19.5 Å². The van der Waals surface area contributed by atoms with E-state index in [-0.39, 0.29) is 40.1 Å². The zero-order valence-corrected chi connectivity index (χ0v) is 37.0. The van der Waals surface area contributed by atoms with E-state index in [4.69, 9.17) is 16.3 Å². The summed E-state index contributed by atoms with van der Waals surface area (Å²) in [7, 11) is 0. The van der Waals surface area contributed by atoms with Crippen LogP contribution in [0.5, 0.6) is 0 Å². The van der Waals surface area contributed by atoms with Crippen molar-refractivity contribution in [2.45, 2.75) is 151 Å². The third-order valence-electron chi connectivity index (χ3n) is 18.6. The van der Waals surface area contributed by atoms with Gasteiger partial charge >= 0.3 is 5.97 Å². The number of carbonyl (C=O) groups is 2. The number of nitrogens with one attached hydrogen (secondary N) is 1. The number of aromatic nitrogens is 2. The number of ether oxygens (including phenoxy) is 1. The summed E-state index contributed by atoms with van der Waals surface area (Å²) in [6.07, 6.45) is 15.1. The molecule has 1 aromatic heterocycles. The summed E-state index contributed by atoms with van der Waals surface area (Å²) in [5.41, 5.74) is 1.42. The molecule has 312 valence electrons. The average molecular weight is 779 g/mol. The van der Waals surface area contributed by atoms with E-state index in [1.54, 1.807) is 6.92 Å². The van der Waals surface area contributed by atoms with Gasteiger partial charge in [-0.15, -0.1) is 0 Å². The Morgan fingerprint density at radius 3 is 2.16 bits per heavy atom. The molecule has 1 amide bonds. The molecule has 1 aliphatic heterocycles. The maximum atomic E-state index is 16.0. The molecule has 6 fully saturated rings. The van der Waals surface area contributed by atoms with Crippen LogP contribution in [0.4, 0.5) is 0 Å². The highest BCUT2D eigenvalue weighted by atomic mass is 16.5. The van der Waals surface area contributed by atoms with Crippen LogP contribution in [-0.4, -0.2) is 52.1 Å². The average Bonchev–Trinajstić information content (AvgIpc) is 3.88. The summed E-state index contributed by atoms with van der Waals surface area (Å²) >= 11 is 0. The molecular weight excluding hydrogens is 705 g/mol. The lowest BCUT2D eigenvalue weighted by atomic mass is 9.43. The number of likely N-dealkylation sites (tertiary alicyclic amines) is 1. The molecule has 5 saturated carbocycles. The third kappa shape index (κ3) is 6.31. The van der Waals surface area contributed by atoms with Crippen molar-refractivity contribution < 1.29 is 14.3 Å². The van der Waals surface area contributed by atoms with E-state index in [0.717, 1.165) is 80.8 Å². The molecule has 7 nitrogen and oxygen atoms in total. The van der Waals surface area contributed by atoms with Crippen molar-refractivity contribution in [3.8, 4) is 11.3 Å². The Kier molecular flexibility index (Phi) is 10.5. The van der Waals surface area contributed by atoms with Crippen molar-refractivity contribution >= 4 is 11.9 Å². The second-order valence-electron chi connectivity index (χ2n) is 21.6. The number of esters is 1. The van der Waals surface area contributed by atoms with E-state index < -0.39 is 11.0 Å². The van der Waals surface area contributed by atoms with Gasteiger partial charge in [-0.1, -0.05) is 77.1 Å². The lowest BCUT2D eigenvalue weighted by molar-refractivity contribution is -0.164. The van der Waals surface area contributed by atoms with Crippen LogP contribution in [0.1, 0.15) is 139 Å². The quantitative estimate of drug-likeness (QED) is 0.203. The summed E-state index contributed by atoms with van der Waals surface area (Å²) < 4.78 is 8.10. The summed E-state index contributed by atoms with van der Waals surface area (Å²) in [4.78, 5) is 35.8. The molecule has 1 aromatic carbocycles. The van der Waals surface area contributed by atoms with Crippen LogP contribution in [0.2, 0.25) is 0 Å². The predicted octanol–water partition coefficient (Wildman–Crippen LogP) is 10.4. The normalized spacial score (nSPS) is 37.0. The minimum atomic E-state index is -0.686. The first-order valence-corrected chi connectivity index (χ1v) is 23.0. The Balaban J connectivity index is 1.13. The molecule has 57 heavy (non-hydrogen) atoms. The van der Waals surface area contributed by atoms with Crippen LogP contribution in [0.3, 0.4) is 0 Å². The second kappa shape index (κ2) is 14.7. The number of amides is 1. The van der Waals surface area contributed by atoms with Crippen LogP contribution in [0.25, 0.3) is 11.3 Å². The Hall–Kier alpha value is -2.93. The number of fused-ring (bicyclic) bond motifs is 7. The molecule has 0 radical (unpaired) electrons. The molecule has 10 atom stereocenters. The van der Waals surface area contributed by atoms with Gasteiger partial charge in [0.1, 0.15) is 11.9 Å². The highest BCUT2D eigenvalue weighted by molar-refractivity contribution is 5.86. The van der Waals surface area contributed by atoms with Crippen LogP contribution < -0.4 is 5.32 Å². The fraction of sp³-hybridized carbons (Fsp3) is 0.740. The number of rotatable bonds is 9. The maximum absolute atomic E-state index is 16.0. The van der Waals surface area contributed by atoms with Crippen molar-refractivity contribution in [1.29, 1.82) is 0 Å². The summed E-state index contributed by atoms with van der Waals surface area (Å²) in [6.45, 7) is 29.5. The molecule has 0 spiro atoms. The van der Waals surface area contributed by atoms with Gasteiger partial charge in [0.15, 0.2) is 0 Å². The van der Waals surface area contributed by atoms with Gasteiger partial charge in [0.05, 0.1) is 16.6 Å². The van der Waals surface area contributed by atoms with Crippen LogP contribution in [-0.2, 0) is 26.4 Å². The first-order chi connectivity index (χ1) is 26.9. The van der Waals surface area contributed by atoms with E-state index in [2.05, 4.69) is 107 Å². The monoisotopic (exact) mass is 779 g/mol. The van der Waals surface area contributed by atoms with Gasteiger partial charge in [-0.3, -0.25) is 9.59 Å². The molecule has 6 aliphatic rings. The number of benzene rings is 1. The van der Waals surface area contributed by atoms with Crippen molar-refractivity contribution in [2.24, 2.45) is 63.1 Å². The fourth-order valence-electron chi connectivity index (χ4n) is 15.1. The standard InChI is InChI=1S/C50H74N4O3/c1-32(2)49(10)43-41-23-22-38-37-21-19-36(57-33(3)55)30-35(37)18-20-39(38)40(41)24-25-50(43,48(8,9)47(49,6)7)45(56)52-46(4,5)44-51-42(34-16-12-11-13-17-34)31-54(44)29-28-53-26-14-15-27-53/h11-13,16-17,31,35-41,43H,1,14-15,18-30H2,2-10H3,(H,52,56). The largest absolute Gasteiger partial charge is 0.463 e. The zero-order chi connectivity index (χ0) is 40.7. The Labute approximate surface area is 344 Å². The third-order valence-corrected chi connectivity index (χ3v) is 18.6. The molecule has 1 saturated heterocycles. The smallest absolute Gasteiger partial charge is 0.302 e. The molecule has 2 heterocycles. The van der Waals surface area contributed by atoms with Gasteiger partial charge in [-0.2, -0.15) is 0 Å². The molecule has 8 rings (SSSR count). The van der Waals surface area contributed by atoms with Crippen molar-refractivity contribution in [3.63, 3.8) is 0 Å². The van der Waals surface area contributed by atoms with Gasteiger partial charge in [0.2, 0.25) is 5.91 Å². The van der Waals surface area contributed by atoms with Crippen LogP contribution in [0, 0.1) is 63.1 Å². The molecular formula is C50H74N4O3. The van der Waals surface area contributed by atoms with E-state index in [1.807, 2.05) is 0 Å². The lowest BCUT2D eigenvalue weighted by Crippen LogP contribution is -2.62. The Morgan fingerprint density at radius 1 is 0.842 bits per heavy atom. The molecule has 1 N–H and O–H groups in total. The zero-order valence-electron chi connectivity index (χ0n) is 37.0.